The molecule has 1 aromatic heterocycles. The van der Waals surface area contributed by atoms with Crippen molar-refractivity contribution in [1.29, 1.82) is 0 Å². The van der Waals surface area contributed by atoms with E-state index in [2.05, 4.69) is 5.32 Å². The monoisotopic (exact) mass is 243 g/mol. The molecule has 2 nitrogen and oxygen atoms in total. The Morgan fingerprint density at radius 3 is 3.07 bits per heavy atom. The highest BCUT2D eigenvalue weighted by Crippen LogP contribution is 2.29. The minimum Gasteiger partial charge on any atom is -0.351 e. The van der Waals surface area contributed by atoms with Crippen LogP contribution >= 0.6 is 22.9 Å². The molecule has 15 heavy (non-hydrogen) atoms. The van der Waals surface area contributed by atoms with Crippen LogP contribution in [-0.2, 0) is 0 Å². The quantitative estimate of drug-likeness (QED) is 0.813. The van der Waals surface area contributed by atoms with Crippen LogP contribution in [0.15, 0.2) is 17.5 Å². The molecule has 1 fully saturated rings. The number of nitrogens with one attached hydrogen (secondary N) is 1. The van der Waals surface area contributed by atoms with Crippen LogP contribution in [0.3, 0.4) is 0 Å². The number of thiophene rings is 1. The second-order valence-electron chi connectivity index (χ2n) is 3.89. The number of hydrogen-bond donors (Lipinski definition) is 1. The largest absolute Gasteiger partial charge is 0.351 e. The Morgan fingerprint density at radius 2 is 2.47 bits per heavy atom. The Bertz CT molecular complexity index is 325. The van der Waals surface area contributed by atoms with Crippen LogP contribution in [0.5, 0.6) is 0 Å². The van der Waals surface area contributed by atoms with Gasteiger partial charge < -0.3 is 5.32 Å². The first-order valence-electron chi connectivity index (χ1n) is 5.23. The van der Waals surface area contributed by atoms with E-state index >= 15 is 0 Å². The molecule has 0 aromatic carbocycles. The van der Waals surface area contributed by atoms with Crippen LogP contribution in [0.4, 0.5) is 0 Å². The van der Waals surface area contributed by atoms with Gasteiger partial charge in [-0.1, -0.05) is 12.5 Å². The first-order chi connectivity index (χ1) is 7.27. The molecule has 1 aliphatic rings. The van der Waals surface area contributed by atoms with Gasteiger partial charge in [0.1, 0.15) is 0 Å². The maximum absolute atomic E-state index is 11.6. The summed E-state index contributed by atoms with van der Waals surface area (Å²) < 4.78 is 0. The summed E-state index contributed by atoms with van der Waals surface area (Å²) in [5, 5.41) is 5.10. The third-order valence-electron chi connectivity index (χ3n) is 2.84. The molecule has 1 aromatic rings. The summed E-state index contributed by atoms with van der Waals surface area (Å²) in [6.45, 7) is 0.713. The predicted octanol–water partition coefficient (Wildman–Crippen LogP) is 2.89. The molecular formula is C11H14ClNOS. The molecule has 2 rings (SSSR count). The van der Waals surface area contributed by atoms with Gasteiger partial charge in [0.05, 0.1) is 4.88 Å². The van der Waals surface area contributed by atoms with Crippen LogP contribution in [0.1, 0.15) is 28.9 Å². The van der Waals surface area contributed by atoms with E-state index < -0.39 is 0 Å². The highest BCUT2D eigenvalue weighted by Gasteiger charge is 2.25. The van der Waals surface area contributed by atoms with Gasteiger partial charge in [-0.15, -0.1) is 22.9 Å². The second-order valence-corrected chi connectivity index (χ2v) is 5.40. The normalized spacial score (nSPS) is 25.4. The average molecular weight is 244 g/mol. The van der Waals surface area contributed by atoms with E-state index in [1.165, 1.54) is 17.8 Å². The average Bonchev–Trinajstić information content (AvgIpc) is 2.85. The van der Waals surface area contributed by atoms with Crippen LogP contribution in [0.2, 0.25) is 0 Å². The molecule has 0 radical (unpaired) electrons. The number of alkyl halides is 1. The van der Waals surface area contributed by atoms with Crippen LogP contribution in [-0.4, -0.2) is 17.8 Å². The molecule has 0 bridgehead atoms. The highest BCUT2D eigenvalue weighted by atomic mass is 35.5. The third-order valence-corrected chi connectivity index (χ3v) is 4.28. The summed E-state index contributed by atoms with van der Waals surface area (Å²) >= 11 is 7.61. The van der Waals surface area contributed by atoms with E-state index in [9.17, 15) is 4.79 Å². The van der Waals surface area contributed by atoms with Crippen molar-refractivity contribution >= 4 is 28.8 Å². The van der Waals surface area contributed by atoms with Crippen LogP contribution < -0.4 is 5.32 Å². The van der Waals surface area contributed by atoms with Crippen LogP contribution in [0.25, 0.3) is 0 Å². The standard InChI is InChI=1S/C11H14ClNOS/c12-9-4-1-3-8(9)7-13-11(14)10-5-2-6-15-10/h2,5-6,8-9H,1,3-4,7H2,(H,13,14). The van der Waals surface area contributed by atoms with E-state index in [4.69, 9.17) is 11.6 Å². The van der Waals surface area contributed by atoms with E-state index in [0.717, 1.165) is 17.7 Å². The smallest absolute Gasteiger partial charge is 0.261 e. The Hall–Kier alpha value is -0.540. The molecule has 1 heterocycles. The molecular weight excluding hydrogens is 230 g/mol. The molecule has 82 valence electrons. The first-order valence-corrected chi connectivity index (χ1v) is 6.55. The summed E-state index contributed by atoms with van der Waals surface area (Å²) in [5.41, 5.74) is 0. The lowest BCUT2D eigenvalue weighted by Gasteiger charge is -2.13. The van der Waals surface area contributed by atoms with Gasteiger partial charge in [0.2, 0.25) is 0 Å². The van der Waals surface area contributed by atoms with E-state index in [1.807, 2.05) is 17.5 Å². The Kier molecular flexibility index (Phi) is 3.65. The predicted molar refractivity (Wildman–Crippen MR) is 63.6 cm³/mol. The van der Waals surface area contributed by atoms with Crippen LogP contribution in [0, 0.1) is 5.92 Å². The summed E-state index contributed by atoms with van der Waals surface area (Å²) in [6, 6.07) is 3.73. The minimum absolute atomic E-state index is 0.0285. The zero-order valence-electron chi connectivity index (χ0n) is 8.41. The zero-order chi connectivity index (χ0) is 10.7. The van der Waals surface area contributed by atoms with Crippen molar-refractivity contribution in [1.82, 2.24) is 5.32 Å². The number of amides is 1. The van der Waals surface area contributed by atoms with Crippen molar-refractivity contribution in [3.05, 3.63) is 22.4 Å². The minimum atomic E-state index is 0.0285. The maximum Gasteiger partial charge on any atom is 0.261 e. The summed E-state index contributed by atoms with van der Waals surface area (Å²) in [4.78, 5) is 12.4. The van der Waals surface area contributed by atoms with E-state index in [1.54, 1.807) is 0 Å². The first kappa shape index (κ1) is 11.0. The SMILES string of the molecule is O=C(NCC1CCCC1Cl)c1cccs1. The van der Waals surface area contributed by atoms with Gasteiger partial charge in [0, 0.05) is 11.9 Å². The summed E-state index contributed by atoms with van der Waals surface area (Å²) in [5.74, 6) is 0.483. The van der Waals surface area contributed by atoms with Crippen molar-refractivity contribution in [3.8, 4) is 0 Å². The molecule has 1 saturated carbocycles. The second kappa shape index (κ2) is 4.99. The number of rotatable bonds is 3. The van der Waals surface area contributed by atoms with Crippen molar-refractivity contribution in [3.63, 3.8) is 0 Å². The lowest BCUT2D eigenvalue weighted by atomic mass is 10.1. The van der Waals surface area contributed by atoms with Gasteiger partial charge in [0.15, 0.2) is 0 Å². The fourth-order valence-electron chi connectivity index (χ4n) is 1.94. The lowest BCUT2D eigenvalue weighted by molar-refractivity contribution is 0.0951. The van der Waals surface area contributed by atoms with Crippen molar-refractivity contribution < 1.29 is 4.79 Å². The Labute approximate surface area is 98.6 Å². The molecule has 4 heteroatoms. The van der Waals surface area contributed by atoms with Gasteiger partial charge in [-0.25, -0.2) is 0 Å². The Morgan fingerprint density at radius 1 is 1.60 bits per heavy atom. The lowest BCUT2D eigenvalue weighted by Crippen LogP contribution is -2.30. The summed E-state index contributed by atoms with van der Waals surface area (Å²) in [7, 11) is 0. The van der Waals surface area contributed by atoms with Crippen molar-refractivity contribution in [2.24, 2.45) is 5.92 Å². The van der Waals surface area contributed by atoms with Gasteiger partial charge in [-0.2, -0.15) is 0 Å². The number of carbonyl (C=O) groups excluding carboxylic acids is 1. The fourth-order valence-corrected chi connectivity index (χ4v) is 2.95. The maximum atomic E-state index is 11.6. The van der Waals surface area contributed by atoms with Crippen molar-refractivity contribution in [2.45, 2.75) is 24.6 Å². The molecule has 0 spiro atoms. The third kappa shape index (κ3) is 2.73. The zero-order valence-corrected chi connectivity index (χ0v) is 9.98. The van der Waals surface area contributed by atoms with Gasteiger partial charge in [-0.05, 0) is 30.2 Å². The topological polar surface area (TPSA) is 29.1 Å². The molecule has 1 N–H and O–H groups in total. The summed E-state index contributed by atoms with van der Waals surface area (Å²) in [6.07, 6.45) is 3.41. The highest BCUT2D eigenvalue weighted by molar-refractivity contribution is 7.12. The van der Waals surface area contributed by atoms with E-state index in [0.29, 0.717) is 12.5 Å². The van der Waals surface area contributed by atoms with Gasteiger partial charge in [0.25, 0.3) is 5.91 Å². The molecule has 1 amide bonds. The molecule has 0 aliphatic heterocycles. The van der Waals surface area contributed by atoms with Gasteiger partial charge in [-0.3, -0.25) is 4.79 Å². The number of carbonyl (C=O) groups is 1. The fraction of sp³-hybridized carbons (Fsp3) is 0.545. The van der Waals surface area contributed by atoms with Crippen molar-refractivity contribution in [2.75, 3.05) is 6.54 Å². The van der Waals surface area contributed by atoms with E-state index in [-0.39, 0.29) is 11.3 Å². The molecule has 1 aliphatic carbocycles. The van der Waals surface area contributed by atoms with Gasteiger partial charge >= 0.3 is 0 Å². The molecule has 0 saturated heterocycles. The molecule has 2 unspecified atom stereocenters. The molecule has 2 atom stereocenters. The number of halogens is 1. The number of hydrogen-bond acceptors (Lipinski definition) is 2. The Balaban J connectivity index is 1.81.